The summed E-state index contributed by atoms with van der Waals surface area (Å²) in [6.07, 6.45) is 3.11. The molecule has 128 valence electrons. The van der Waals surface area contributed by atoms with Gasteiger partial charge in [-0.25, -0.2) is 4.79 Å². The number of carbonyl (C=O) groups excluding carboxylic acids is 1. The Bertz CT molecular complexity index is 745. The molecule has 0 unspecified atom stereocenters. The van der Waals surface area contributed by atoms with Crippen LogP contribution in [0.25, 0.3) is 0 Å². The lowest BCUT2D eigenvalue weighted by Crippen LogP contribution is -2.38. The number of hydrogen-bond donors (Lipinski definition) is 0. The molecule has 24 heavy (non-hydrogen) atoms. The highest BCUT2D eigenvalue weighted by molar-refractivity contribution is 5.91. The van der Waals surface area contributed by atoms with Crippen LogP contribution in [0, 0.1) is 0 Å². The van der Waals surface area contributed by atoms with E-state index in [1.54, 1.807) is 17.6 Å². The van der Waals surface area contributed by atoms with Gasteiger partial charge in [0.15, 0.2) is 0 Å². The van der Waals surface area contributed by atoms with Gasteiger partial charge < -0.3 is 9.30 Å². The Hall–Kier alpha value is -2.37. The maximum absolute atomic E-state index is 12.5. The first-order chi connectivity index (χ1) is 11.2. The molecular weight excluding hydrogens is 304 g/mol. The fourth-order valence-corrected chi connectivity index (χ4v) is 3.02. The number of anilines is 1. The number of fused-ring (bicyclic) bond motifs is 1. The second-order valence-corrected chi connectivity index (χ2v) is 7.94. The van der Waals surface area contributed by atoms with E-state index in [-0.39, 0.29) is 11.5 Å². The molecule has 2 aromatic rings. The van der Waals surface area contributed by atoms with Crippen LogP contribution in [0.15, 0.2) is 30.9 Å². The predicted molar refractivity (Wildman–Crippen MR) is 92.2 cm³/mol. The molecule has 1 aromatic carbocycles. The standard InChI is InChI=1S/C18H24N4O2/c1-17(2,3)24-16(23)22-10-18(4,5)14-8-13(6-7-15(14)22)9-21-11-19-20-12-21/h6-8,11-12H,9-10H2,1-5H3. The highest BCUT2D eigenvalue weighted by Crippen LogP contribution is 2.41. The van der Waals surface area contributed by atoms with Crippen molar-refractivity contribution in [2.24, 2.45) is 0 Å². The van der Waals surface area contributed by atoms with Gasteiger partial charge in [-0.05, 0) is 38.0 Å². The van der Waals surface area contributed by atoms with Crippen molar-refractivity contribution in [3.8, 4) is 0 Å². The van der Waals surface area contributed by atoms with Gasteiger partial charge in [0, 0.05) is 12.0 Å². The number of hydrogen-bond acceptors (Lipinski definition) is 4. The zero-order chi connectivity index (χ0) is 17.5. The molecule has 1 aliphatic rings. The summed E-state index contributed by atoms with van der Waals surface area (Å²) in [5.74, 6) is 0. The third-order valence-corrected chi connectivity index (χ3v) is 4.08. The third kappa shape index (κ3) is 3.27. The van der Waals surface area contributed by atoms with Crippen molar-refractivity contribution in [1.82, 2.24) is 14.8 Å². The molecule has 2 heterocycles. The van der Waals surface area contributed by atoms with Crippen LogP contribution in [0.4, 0.5) is 10.5 Å². The SMILES string of the molecule is CC(C)(C)OC(=O)N1CC(C)(C)c2cc(Cn3cnnc3)ccc21. The zero-order valence-corrected chi connectivity index (χ0v) is 14.9. The second kappa shape index (κ2) is 5.61. The lowest BCUT2D eigenvalue weighted by molar-refractivity contribution is 0.0579. The first-order valence-electron chi connectivity index (χ1n) is 8.12. The Labute approximate surface area is 142 Å². The normalized spacial score (nSPS) is 16.1. The average molecular weight is 328 g/mol. The van der Waals surface area contributed by atoms with E-state index in [1.165, 1.54) is 5.56 Å². The number of amides is 1. The Morgan fingerprint density at radius 3 is 2.54 bits per heavy atom. The molecule has 0 fully saturated rings. The quantitative estimate of drug-likeness (QED) is 0.848. The molecule has 0 radical (unpaired) electrons. The Morgan fingerprint density at radius 1 is 1.25 bits per heavy atom. The van der Waals surface area contributed by atoms with Crippen LogP contribution in [0.5, 0.6) is 0 Å². The fraction of sp³-hybridized carbons (Fsp3) is 0.500. The molecule has 0 N–H and O–H groups in total. The highest BCUT2D eigenvalue weighted by atomic mass is 16.6. The smallest absolute Gasteiger partial charge is 0.414 e. The van der Waals surface area contributed by atoms with Crippen LogP contribution in [-0.2, 0) is 16.7 Å². The first-order valence-corrected chi connectivity index (χ1v) is 8.12. The lowest BCUT2D eigenvalue weighted by atomic mass is 9.86. The number of rotatable bonds is 2. The van der Waals surface area contributed by atoms with Crippen molar-refractivity contribution in [1.29, 1.82) is 0 Å². The van der Waals surface area contributed by atoms with E-state index in [1.807, 2.05) is 37.5 Å². The van der Waals surface area contributed by atoms with Crippen LogP contribution in [0.1, 0.15) is 45.7 Å². The van der Waals surface area contributed by atoms with Gasteiger partial charge in [0.2, 0.25) is 0 Å². The molecule has 3 rings (SSSR count). The number of nitrogens with zero attached hydrogens (tertiary/aromatic N) is 4. The maximum Gasteiger partial charge on any atom is 0.414 e. The van der Waals surface area contributed by atoms with Gasteiger partial charge in [-0.1, -0.05) is 26.0 Å². The number of carbonyl (C=O) groups is 1. The summed E-state index contributed by atoms with van der Waals surface area (Å²) in [6, 6.07) is 6.21. The Balaban J connectivity index is 1.89. The summed E-state index contributed by atoms with van der Waals surface area (Å²) in [5, 5.41) is 7.66. The van der Waals surface area contributed by atoms with Crippen LogP contribution >= 0.6 is 0 Å². The van der Waals surface area contributed by atoms with Gasteiger partial charge in [0.25, 0.3) is 0 Å². The van der Waals surface area contributed by atoms with Gasteiger partial charge in [-0.2, -0.15) is 0 Å². The highest BCUT2D eigenvalue weighted by Gasteiger charge is 2.39. The van der Waals surface area contributed by atoms with Gasteiger partial charge >= 0.3 is 6.09 Å². The molecule has 0 bridgehead atoms. The molecule has 6 heteroatoms. The van der Waals surface area contributed by atoms with Crippen molar-refractivity contribution < 1.29 is 9.53 Å². The van der Waals surface area contributed by atoms with E-state index < -0.39 is 5.60 Å². The minimum absolute atomic E-state index is 0.116. The fourth-order valence-electron chi connectivity index (χ4n) is 3.02. The van der Waals surface area contributed by atoms with E-state index in [9.17, 15) is 4.79 Å². The van der Waals surface area contributed by atoms with Crippen LogP contribution in [-0.4, -0.2) is 33.0 Å². The summed E-state index contributed by atoms with van der Waals surface area (Å²) < 4.78 is 7.48. The minimum atomic E-state index is -0.502. The molecule has 0 aliphatic carbocycles. The second-order valence-electron chi connectivity index (χ2n) is 7.94. The Morgan fingerprint density at radius 2 is 1.92 bits per heavy atom. The van der Waals surface area contributed by atoms with Crippen molar-refractivity contribution in [2.75, 3.05) is 11.4 Å². The van der Waals surface area contributed by atoms with E-state index in [2.05, 4.69) is 30.1 Å². The van der Waals surface area contributed by atoms with Crippen LogP contribution in [0.3, 0.4) is 0 Å². The topological polar surface area (TPSA) is 60.2 Å². The molecule has 1 amide bonds. The maximum atomic E-state index is 12.5. The van der Waals surface area contributed by atoms with Gasteiger partial charge in [0.1, 0.15) is 18.3 Å². The molecule has 0 saturated carbocycles. The number of benzene rings is 1. The summed E-state index contributed by atoms with van der Waals surface area (Å²) in [5.41, 5.74) is 2.64. The van der Waals surface area contributed by atoms with Gasteiger partial charge in [0.05, 0.1) is 12.2 Å². The number of ether oxygens (including phenoxy) is 1. The van der Waals surface area contributed by atoms with E-state index in [0.717, 1.165) is 11.3 Å². The molecule has 1 aromatic heterocycles. The molecular formula is C18H24N4O2. The van der Waals surface area contributed by atoms with E-state index >= 15 is 0 Å². The van der Waals surface area contributed by atoms with Crippen molar-refractivity contribution in [2.45, 2.75) is 52.2 Å². The summed E-state index contributed by atoms with van der Waals surface area (Å²) in [6.45, 7) is 11.3. The van der Waals surface area contributed by atoms with Gasteiger partial charge in [-0.15, -0.1) is 10.2 Å². The molecule has 0 atom stereocenters. The molecule has 0 spiro atoms. The summed E-state index contributed by atoms with van der Waals surface area (Å²) >= 11 is 0. The van der Waals surface area contributed by atoms with Crippen LogP contribution < -0.4 is 4.90 Å². The van der Waals surface area contributed by atoms with E-state index in [4.69, 9.17) is 4.74 Å². The van der Waals surface area contributed by atoms with Crippen molar-refractivity contribution >= 4 is 11.8 Å². The minimum Gasteiger partial charge on any atom is -0.443 e. The molecule has 0 saturated heterocycles. The van der Waals surface area contributed by atoms with Crippen molar-refractivity contribution in [3.63, 3.8) is 0 Å². The van der Waals surface area contributed by atoms with Crippen LogP contribution in [0.2, 0.25) is 0 Å². The lowest BCUT2D eigenvalue weighted by Gasteiger charge is -2.25. The number of aromatic nitrogens is 3. The summed E-state index contributed by atoms with van der Waals surface area (Å²) in [4.78, 5) is 14.3. The third-order valence-electron chi connectivity index (χ3n) is 4.08. The zero-order valence-electron chi connectivity index (χ0n) is 14.9. The summed E-state index contributed by atoms with van der Waals surface area (Å²) in [7, 11) is 0. The molecule has 1 aliphatic heterocycles. The Kier molecular flexibility index (Phi) is 3.86. The van der Waals surface area contributed by atoms with Gasteiger partial charge in [-0.3, -0.25) is 4.90 Å². The molecule has 6 nitrogen and oxygen atoms in total. The van der Waals surface area contributed by atoms with E-state index in [0.29, 0.717) is 13.1 Å². The van der Waals surface area contributed by atoms with Crippen molar-refractivity contribution in [3.05, 3.63) is 42.0 Å². The average Bonchev–Trinajstić information content (AvgIpc) is 3.04. The first kappa shape index (κ1) is 16.5. The monoisotopic (exact) mass is 328 g/mol. The predicted octanol–water partition coefficient (Wildman–Crippen LogP) is 3.36. The largest absolute Gasteiger partial charge is 0.443 e.